The topological polar surface area (TPSA) is 34.0 Å². The maximum Gasteiger partial charge on any atom is 0.225 e. The van der Waals surface area contributed by atoms with E-state index in [0.717, 1.165) is 57.6 Å². The zero-order valence-corrected chi connectivity index (χ0v) is 15.5. The molecule has 1 heterocycles. The molecule has 0 bridgehead atoms. The number of amides is 1. The molecule has 0 saturated carbocycles. The highest BCUT2D eigenvalue weighted by Crippen LogP contribution is 2.15. The molecule has 0 spiro atoms. The fourth-order valence-corrected chi connectivity index (χ4v) is 3.43. The van der Waals surface area contributed by atoms with Crippen LogP contribution in [0.25, 0.3) is 0 Å². The first-order chi connectivity index (χ1) is 11.6. The summed E-state index contributed by atoms with van der Waals surface area (Å²) in [6.07, 6.45) is 4.27. The van der Waals surface area contributed by atoms with E-state index in [4.69, 9.17) is 4.74 Å². The van der Waals surface area contributed by atoms with E-state index in [1.165, 1.54) is 5.56 Å². The molecule has 134 valence electrons. The fourth-order valence-electron chi connectivity index (χ4n) is 3.43. The van der Waals surface area contributed by atoms with Gasteiger partial charge in [-0.05, 0) is 37.6 Å². The molecule has 1 fully saturated rings. The summed E-state index contributed by atoms with van der Waals surface area (Å²) >= 11 is 0. The van der Waals surface area contributed by atoms with Crippen molar-refractivity contribution in [3.63, 3.8) is 0 Å². The van der Waals surface area contributed by atoms with Gasteiger partial charge in [0.15, 0.2) is 0 Å². The number of hydrogen-bond acceptors (Lipinski definition) is 2. The largest absolute Gasteiger partial charge is 0.494 e. The quantitative estimate of drug-likeness (QED) is 0.791. The molecule has 24 heavy (non-hydrogen) atoms. The Balaban J connectivity index is 1.77. The Bertz CT molecular complexity index is 493. The lowest BCUT2D eigenvalue weighted by molar-refractivity contribution is -0.919. The molecule has 1 aliphatic heterocycles. The van der Waals surface area contributed by atoms with Crippen LogP contribution in [0.4, 0.5) is 0 Å². The number of ether oxygens (including phenoxy) is 1. The Morgan fingerprint density at radius 2 is 1.88 bits per heavy atom. The molecule has 1 aliphatic rings. The van der Waals surface area contributed by atoms with Crippen LogP contribution >= 0.6 is 0 Å². The van der Waals surface area contributed by atoms with Gasteiger partial charge in [-0.25, -0.2) is 0 Å². The smallest absolute Gasteiger partial charge is 0.225 e. The minimum absolute atomic E-state index is 0.232. The summed E-state index contributed by atoms with van der Waals surface area (Å²) in [7, 11) is 1.96. The van der Waals surface area contributed by atoms with Gasteiger partial charge in [-0.2, -0.15) is 0 Å². The van der Waals surface area contributed by atoms with Crippen molar-refractivity contribution < 1.29 is 14.4 Å². The molecule has 0 radical (unpaired) electrons. The first-order valence-electron chi connectivity index (χ1n) is 9.44. The third-order valence-electron chi connectivity index (χ3n) is 4.95. The van der Waals surface area contributed by atoms with Crippen LogP contribution in [0.2, 0.25) is 0 Å². The van der Waals surface area contributed by atoms with Crippen molar-refractivity contribution in [2.45, 2.75) is 46.1 Å². The highest BCUT2D eigenvalue weighted by molar-refractivity contribution is 5.78. The summed E-state index contributed by atoms with van der Waals surface area (Å²) in [6.45, 7) is 8.99. The average molecular weight is 333 g/mol. The van der Waals surface area contributed by atoms with Crippen molar-refractivity contribution >= 4 is 5.91 Å². The molecular formula is C20H33N2O2+. The lowest BCUT2D eigenvalue weighted by Crippen LogP contribution is -3.11. The second-order valence-electron chi connectivity index (χ2n) is 6.89. The van der Waals surface area contributed by atoms with E-state index in [-0.39, 0.29) is 5.92 Å². The fraction of sp³-hybridized carbons (Fsp3) is 0.650. The van der Waals surface area contributed by atoms with Crippen molar-refractivity contribution in [3.8, 4) is 5.75 Å². The van der Waals surface area contributed by atoms with E-state index < -0.39 is 0 Å². The Labute approximate surface area is 146 Å². The second kappa shape index (κ2) is 9.67. The van der Waals surface area contributed by atoms with Crippen LogP contribution in [0, 0.1) is 5.92 Å². The van der Waals surface area contributed by atoms with Gasteiger partial charge >= 0.3 is 0 Å². The first kappa shape index (κ1) is 18.8. The van der Waals surface area contributed by atoms with Gasteiger partial charge < -0.3 is 14.5 Å². The molecule has 1 saturated heterocycles. The van der Waals surface area contributed by atoms with Gasteiger partial charge in [0.1, 0.15) is 12.3 Å². The maximum absolute atomic E-state index is 12.5. The van der Waals surface area contributed by atoms with Crippen LogP contribution in [0.3, 0.4) is 0 Å². The average Bonchev–Trinajstić information content (AvgIpc) is 2.61. The lowest BCUT2D eigenvalue weighted by Gasteiger charge is -2.31. The molecule has 1 aromatic carbocycles. The van der Waals surface area contributed by atoms with Gasteiger partial charge in [0.2, 0.25) is 5.91 Å². The third-order valence-corrected chi connectivity index (χ3v) is 4.95. The zero-order chi connectivity index (χ0) is 17.4. The number of carbonyl (C=O) groups is 1. The van der Waals surface area contributed by atoms with Crippen LogP contribution < -0.4 is 9.64 Å². The van der Waals surface area contributed by atoms with E-state index in [2.05, 4.69) is 31.2 Å². The summed E-state index contributed by atoms with van der Waals surface area (Å²) < 4.78 is 5.49. The van der Waals surface area contributed by atoms with Crippen molar-refractivity contribution in [3.05, 3.63) is 29.8 Å². The number of benzene rings is 1. The van der Waals surface area contributed by atoms with Gasteiger partial charge in [0.05, 0.1) is 19.7 Å². The Morgan fingerprint density at radius 3 is 2.46 bits per heavy atom. The molecule has 0 atom stereocenters. The van der Waals surface area contributed by atoms with Crippen molar-refractivity contribution in [1.29, 1.82) is 0 Å². The number of quaternary nitrogens is 1. The van der Waals surface area contributed by atoms with Gasteiger partial charge in [0.25, 0.3) is 0 Å². The molecule has 0 aliphatic carbocycles. The number of hydrogen-bond donors (Lipinski definition) is 1. The van der Waals surface area contributed by atoms with Crippen LogP contribution in [0.1, 0.15) is 45.1 Å². The highest BCUT2D eigenvalue weighted by atomic mass is 16.5. The standard InChI is InChI=1S/C20H32N2O2/c1-4-6-13-21(3)20(23)18-11-14-22(15-12-18)16-17-7-9-19(10-8-17)24-5-2/h7-10,18H,4-6,11-16H2,1-3H3/p+1. The number of unbranched alkanes of at least 4 members (excludes halogenated alkanes) is 1. The summed E-state index contributed by atoms with van der Waals surface area (Å²) in [6, 6.07) is 8.43. The highest BCUT2D eigenvalue weighted by Gasteiger charge is 2.29. The number of likely N-dealkylation sites (tertiary alicyclic amines) is 1. The molecule has 4 heteroatoms. The molecule has 1 aromatic rings. The van der Waals surface area contributed by atoms with Crippen molar-refractivity contribution in [2.75, 3.05) is 33.3 Å². The number of nitrogens with one attached hydrogen (secondary N) is 1. The van der Waals surface area contributed by atoms with E-state index in [9.17, 15) is 4.79 Å². The number of rotatable bonds is 8. The van der Waals surface area contributed by atoms with Crippen LogP contribution in [-0.2, 0) is 11.3 Å². The summed E-state index contributed by atoms with van der Waals surface area (Å²) in [5.74, 6) is 1.52. The molecule has 4 nitrogen and oxygen atoms in total. The zero-order valence-electron chi connectivity index (χ0n) is 15.5. The summed E-state index contributed by atoms with van der Waals surface area (Å²) in [5.41, 5.74) is 1.35. The number of carbonyl (C=O) groups excluding carboxylic acids is 1. The lowest BCUT2D eigenvalue weighted by atomic mass is 9.95. The predicted molar refractivity (Wildman–Crippen MR) is 97.3 cm³/mol. The van der Waals surface area contributed by atoms with Gasteiger partial charge in [-0.3, -0.25) is 4.79 Å². The minimum Gasteiger partial charge on any atom is -0.494 e. The number of nitrogens with zero attached hydrogens (tertiary/aromatic N) is 1. The van der Waals surface area contributed by atoms with E-state index in [0.29, 0.717) is 12.5 Å². The predicted octanol–water partition coefficient (Wildman–Crippen LogP) is 2.14. The van der Waals surface area contributed by atoms with E-state index in [1.807, 2.05) is 18.9 Å². The van der Waals surface area contributed by atoms with Gasteiger partial charge in [-0.1, -0.05) is 13.3 Å². The van der Waals surface area contributed by atoms with Crippen LogP contribution in [-0.4, -0.2) is 44.1 Å². The van der Waals surface area contributed by atoms with E-state index >= 15 is 0 Å². The van der Waals surface area contributed by atoms with Crippen molar-refractivity contribution in [1.82, 2.24) is 4.90 Å². The van der Waals surface area contributed by atoms with Gasteiger partial charge in [-0.15, -0.1) is 0 Å². The normalized spacial score (nSPS) is 20.6. The second-order valence-corrected chi connectivity index (χ2v) is 6.89. The third kappa shape index (κ3) is 5.52. The molecule has 0 unspecified atom stereocenters. The first-order valence-corrected chi connectivity index (χ1v) is 9.44. The minimum atomic E-state index is 0.232. The van der Waals surface area contributed by atoms with Gasteiger partial charge in [0, 0.05) is 37.9 Å². The van der Waals surface area contributed by atoms with Crippen LogP contribution in [0.5, 0.6) is 5.75 Å². The van der Waals surface area contributed by atoms with Crippen LogP contribution in [0.15, 0.2) is 24.3 Å². The van der Waals surface area contributed by atoms with Crippen molar-refractivity contribution in [2.24, 2.45) is 5.92 Å². The maximum atomic E-state index is 12.5. The molecule has 1 N–H and O–H groups in total. The molecule has 1 amide bonds. The Kier molecular flexibility index (Phi) is 7.57. The summed E-state index contributed by atoms with van der Waals surface area (Å²) in [4.78, 5) is 16.0. The Morgan fingerprint density at radius 1 is 1.21 bits per heavy atom. The molecular weight excluding hydrogens is 300 g/mol. The molecule has 0 aromatic heterocycles. The SMILES string of the molecule is CCCCN(C)C(=O)C1CC[NH+](Cc2ccc(OCC)cc2)CC1. The Hall–Kier alpha value is -1.55. The monoisotopic (exact) mass is 333 g/mol. The molecule has 2 rings (SSSR count). The number of piperidine rings is 1. The summed E-state index contributed by atoms with van der Waals surface area (Å²) in [5, 5.41) is 0. The van der Waals surface area contributed by atoms with E-state index in [1.54, 1.807) is 4.90 Å².